The van der Waals surface area contributed by atoms with Crippen molar-refractivity contribution in [3.05, 3.63) is 71.9 Å². The number of rotatable bonds is 5. The number of aromatic amines is 1. The Hall–Kier alpha value is -1.78. The van der Waals surface area contributed by atoms with Crippen LogP contribution in [0, 0.1) is 0 Å². The molecule has 0 aliphatic rings. The maximum atomic E-state index is 5.37. The van der Waals surface area contributed by atoms with Gasteiger partial charge in [0.1, 0.15) is 4.32 Å². The number of H-pyrrole nitrogens is 1. The van der Waals surface area contributed by atoms with Crippen LogP contribution in [0.15, 0.2) is 60.7 Å². The van der Waals surface area contributed by atoms with E-state index in [4.69, 9.17) is 12.2 Å². The number of fused-ring (bicyclic) bond motifs is 1. The second kappa shape index (κ2) is 7.47. The van der Waals surface area contributed by atoms with E-state index in [1.54, 1.807) is 11.8 Å². The predicted octanol–water partition coefficient (Wildman–Crippen LogP) is 4.52. The van der Waals surface area contributed by atoms with Gasteiger partial charge in [0.25, 0.3) is 0 Å². The molecule has 1 heterocycles. The molecule has 0 unspecified atom stereocenters. The van der Waals surface area contributed by atoms with Gasteiger partial charge in [-0.2, -0.15) is 0 Å². The molecule has 0 fully saturated rings. The topological polar surface area (TPSA) is 27.8 Å². The summed E-state index contributed by atoms with van der Waals surface area (Å²) in [5, 5.41) is 4.58. The fourth-order valence-corrected chi connectivity index (χ4v) is 3.31. The summed E-state index contributed by atoms with van der Waals surface area (Å²) in [5.41, 5.74) is 3.73. The van der Waals surface area contributed by atoms with Crippen molar-refractivity contribution in [2.24, 2.45) is 0 Å². The highest BCUT2D eigenvalue weighted by Crippen LogP contribution is 2.15. The molecule has 3 rings (SSSR count). The molecule has 112 valence electrons. The molecule has 3 aromatic rings. The van der Waals surface area contributed by atoms with E-state index in [0.29, 0.717) is 0 Å². The first kappa shape index (κ1) is 15.1. The Balaban J connectivity index is 1.43. The van der Waals surface area contributed by atoms with Crippen molar-refractivity contribution in [2.45, 2.75) is 12.2 Å². The third-order valence-corrected chi connectivity index (χ3v) is 4.84. The summed E-state index contributed by atoms with van der Waals surface area (Å²) in [6, 6.07) is 21.0. The van der Waals surface area contributed by atoms with Crippen LogP contribution in [0.5, 0.6) is 0 Å². The van der Waals surface area contributed by atoms with Crippen LogP contribution in [-0.4, -0.2) is 15.8 Å². The van der Waals surface area contributed by atoms with E-state index in [2.05, 4.69) is 64.9 Å². The average Bonchev–Trinajstić information content (AvgIpc) is 2.96. The molecule has 0 radical (unpaired) electrons. The lowest BCUT2D eigenvalue weighted by molar-refractivity contribution is 0.864. The van der Waals surface area contributed by atoms with Crippen molar-refractivity contribution in [3.8, 4) is 0 Å². The van der Waals surface area contributed by atoms with Gasteiger partial charge in [-0.3, -0.25) is 0 Å². The van der Waals surface area contributed by atoms with Crippen LogP contribution in [0.2, 0.25) is 0 Å². The largest absolute Gasteiger partial charge is 0.371 e. The minimum atomic E-state index is 0.855. The van der Waals surface area contributed by atoms with Crippen molar-refractivity contribution < 1.29 is 0 Å². The van der Waals surface area contributed by atoms with Crippen LogP contribution in [0.3, 0.4) is 0 Å². The highest BCUT2D eigenvalue weighted by Gasteiger charge is 2.02. The number of thioether (sulfide) groups is 1. The van der Waals surface area contributed by atoms with E-state index in [9.17, 15) is 0 Å². The maximum Gasteiger partial charge on any atom is 0.134 e. The summed E-state index contributed by atoms with van der Waals surface area (Å²) >= 11 is 7.05. The minimum Gasteiger partial charge on any atom is -0.371 e. The molecule has 22 heavy (non-hydrogen) atoms. The van der Waals surface area contributed by atoms with Crippen molar-refractivity contribution in [1.29, 1.82) is 0 Å². The first-order valence-corrected chi connectivity index (χ1v) is 8.72. The van der Waals surface area contributed by atoms with E-state index in [0.717, 1.165) is 23.0 Å². The first-order valence-electron chi connectivity index (χ1n) is 7.32. The van der Waals surface area contributed by atoms with Gasteiger partial charge in [0, 0.05) is 29.9 Å². The fourth-order valence-electron chi connectivity index (χ4n) is 2.34. The van der Waals surface area contributed by atoms with Gasteiger partial charge in [0.15, 0.2) is 0 Å². The Kier molecular flexibility index (Phi) is 5.14. The number of hydrogen-bond donors (Lipinski definition) is 2. The number of benzene rings is 2. The van der Waals surface area contributed by atoms with Gasteiger partial charge in [0.2, 0.25) is 0 Å². The van der Waals surface area contributed by atoms with Crippen LogP contribution in [0.25, 0.3) is 10.9 Å². The molecule has 0 amide bonds. The molecule has 0 bridgehead atoms. The summed E-state index contributed by atoms with van der Waals surface area (Å²) in [5.74, 6) is 0.916. The van der Waals surface area contributed by atoms with Gasteiger partial charge in [-0.25, -0.2) is 0 Å². The molecule has 0 atom stereocenters. The van der Waals surface area contributed by atoms with Crippen molar-refractivity contribution in [2.75, 3.05) is 6.54 Å². The van der Waals surface area contributed by atoms with Crippen LogP contribution >= 0.6 is 24.0 Å². The second-order valence-corrected chi connectivity index (χ2v) is 6.77. The third-order valence-electron chi connectivity index (χ3n) is 3.46. The number of thiocarbonyl (C=S) groups is 1. The molecule has 0 spiro atoms. The van der Waals surface area contributed by atoms with Crippen molar-refractivity contribution in [1.82, 2.24) is 10.3 Å². The lowest BCUT2D eigenvalue weighted by atomic mass is 10.2. The Morgan fingerprint density at radius 1 is 1.05 bits per heavy atom. The molecule has 0 saturated carbocycles. The SMILES string of the molecule is S=C(NCCc1cc2ccccc2[nH]1)SCc1ccccc1. The number of nitrogens with one attached hydrogen (secondary N) is 2. The van der Waals surface area contributed by atoms with Gasteiger partial charge in [0.05, 0.1) is 0 Å². The minimum absolute atomic E-state index is 0.855. The summed E-state index contributed by atoms with van der Waals surface area (Å²) < 4.78 is 0.861. The average molecular weight is 326 g/mol. The van der Waals surface area contributed by atoms with Gasteiger partial charge in [-0.05, 0) is 23.1 Å². The quantitative estimate of drug-likeness (QED) is 0.675. The molecule has 1 aromatic heterocycles. The van der Waals surface area contributed by atoms with Crippen LogP contribution in [-0.2, 0) is 12.2 Å². The fraction of sp³-hybridized carbons (Fsp3) is 0.167. The summed E-state index contributed by atoms with van der Waals surface area (Å²) in [7, 11) is 0. The summed E-state index contributed by atoms with van der Waals surface area (Å²) in [6.45, 7) is 0.855. The van der Waals surface area contributed by atoms with Gasteiger partial charge in [-0.15, -0.1) is 0 Å². The smallest absolute Gasteiger partial charge is 0.134 e. The van der Waals surface area contributed by atoms with Gasteiger partial charge in [-0.1, -0.05) is 72.5 Å². The van der Waals surface area contributed by atoms with Crippen LogP contribution in [0.1, 0.15) is 11.3 Å². The van der Waals surface area contributed by atoms with Crippen molar-refractivity contribution >= 4 is 39.2 Å². The first-order chi connectivity index (χ1) is 10.8. The molecule has 2 N–H and O–H groups in total. The maximum absolute atomic E-state index is 5.37. The Bertz CT molecular complexity index is 717. The monoisotopic (exact) mass is 326 g/mol. The van der Waals surface area contributed by atoms with Crippen LogP contribution in [0.4, 0.5) is 0 Å². The van der Waals surface area contributed by atoms with Gasteiger partial charge >= 0.3 is 0 Å². The predicted molar refractivity (Wildman–Crippen MR) is 100 cm³/mol. The third kappa shape index (κ3) is 4.12. The molecule has 0 saturated heterocycles. The number of para-hydroxylation sites is 1. The van der Waals surface area contributed by atoms with E-state index >= 15 is 0 Å². The lowest BCUT2D eigenvalue weighted by Gasteiger charge is -2.06. The van der Waals surface area contributed by atoms with Crippen molar-refractivity contribution in [3.63, 3.8) is 0 Å². The van der Waals surface area contributed by atoms with E-state index in [1.165, 1.54) is 22.2 Å². The zero-order valence-corrected chi connectivity index (χ0v) is 13.8. The zero-order valence-electron chi connectivity index (χ0n) is 12.2. The standard InChI is InChI=1S/C18H18N2S2/c21-18(22-13-14-6-2-1-3-7-14)19-11-10-16-12-15-8-4-5-9-17(15)20-16/h1-9,12,20H,10-11,13H2,(H,19,21). The number of hydrogen-bond acceptors (Lipinski definition) is 2. The summed E-state index contributed by atoms with van der Waals surface area (Å²) in [4.78, 5) is 3.44. The Labute approximate surface area is 140 Å². The normalized spacial score (nSPS) is 10.7. The molecular weight excluding hydrogens is 308 g/mol. The molecule has 4 heteroatoms. The molecule has 0 aliphatic heterocycles. The summed E-state index contributed by atoms with van der Waals surface area (Å²) in [6.07, 6.45) is 0.945. The van der Waals surface area contributed by atoms with E-state index in [1.807, 2.05) is 6.07 Å². The zero-order chi connectivity index (χ0) is 15.2. The Morgan fingerprint density at radius 2 is 1.82 bits per heavy atom. The van der Waals surface area contributed by atoms with Gasteiger partial charge < -0.3 is 10.3 Å². The Morgan fingerprint density at radius 3 is 2.64 bits per heavy atom. The highest BCUT2D eigenvalue weighted by molar-refractivity contribution is 8.22. The molecular formula is C18H18N2S2. The van der Waals surface area contributed by atoms with E-state index < -0.39 is 0 Å². The second-order valence-electron chi connectivity index (χ2n) is 5.12. The van der Waals surface area contributed by atoms with E-state index in [-0.39, 0.29) is 0 Å². The molecule has 0 aliphatic carbocycles. The highest BCUT2D eigenvalue weighted by atomic mass is 32.2. The molecule has 2 aromatic carbocycles. The molecule has 2 nitrogen and oxygen atoms in total. The van der Waals surface area contributed by atoms with Crippen LogP contribution < -0.4 is 5.32 Å². The number of aromatic nitrogens is 1. The lowest BCUT2D eigenvalue weighted by Crippen LogP contribution is -2.21.